The van der Waals surface area contributed by atoms with Crippen molar-refractivity contribution >= 4 is 11.6 Å². The summed E-state index contributed by atoms with van der Waals surface area (Å²) in [5.74, 6) is 1.78. The zero-order valence-corrected chi connectivity index (χ0v) is 15.7. The second kappa shape index (κ2) is 7.76. The van der Waals surface area contributed by atoms with Crippen molar-refractivity contribution in [2.24, 2.45) is 0 Å². The molecule has 0 atom stereocenters. The summed E-state index contributed by atoms with van der Waals surface area (Å²) < 4.78 is 27.0. The average molecular weight is 373 g/mol. The van der Waals surface area contributed by atoms with Gasteiger partial charge in [-0.15, -0.1) is 0 Å². The smallest absolute Gasteiger partial charge is 0.134 e. The molecule has 27 heavy (non-hydrogen) atoms. The Labute approximate surface area is 158 Å². The number of hydrogen-bond donors (Lipinski definition) is 0. The highest BCUT2D eigenvalue weighted by atomic mass is 19.1. The Hall–Kier alpha value is -2.28. The fourth-order valence-electron chi connectivity index (χ4n) is 3.83. The minimum atomic E-state index is -0.533. The van der Waals surface area contributed by atoms with E-state index >= 15 is 0 Å². The monoisotopic (exact) mass is 373 g/mol. The molecule has 0 unspecified atom stereocenters. The quantitative estimate of drug-likeness (QED) is 0.823. The van der Waals surface area contributed by atoms with Crippen LogP contribution < -0.4 is 9.80 Å². The minimum Gasteiger partial charge on any atom is -0.356 e. The zero-order chi connectivity index (χ0) is 18.8. The van der Waals surface area contributed by atoms with Gasteiger partial charge in [-0.1, -0.05) is 6.07 Å². The van der Waals surface area contributed by atoms with E-state index in [1.165, 1.54) is 25.0 Å². The van der Waals surface area contributed by atoms with Gasteiger partial charge in [-0.2, -0.15) is 0 Å². The third-order valence-corrected chi connectivity index (χ3v) is 5.35. The number of hydrogen-bond acceptors (Lipinski definition) is 5. The standard InChI is InChI=1S/C20H25F2N5/c1-15-23-19(26-6-2-3-7-26)13-20(24-15)27-10-8-25(9-11-27)14-16-4-5-17(21)12-18(16)22/h4-5,12-13H,2-3,6-11,14H2,1H3. The minimum absolute atomic E-state index is 0.473. The van der Waals surface area contributed by atoms with Crippen LogP contribution >= 0.6 is 0 Å². The van der Waals surface area contributed by atoms with Crippen molar-refractivity contribution in [1.29, 1.82) is 0 Å². The number of aromatic nitrogens is 2. The van der Waals surface area contributed by atoms with Gasteiger partial charge in [0.2, 0.25) is 0 Å². The van der Waals surface area contributed by atoms with Crippen molar-refractivity contribution < 1.29 is 8.78 Å². The summed E-state index contributed by atoms with van der Waals surface area (Å²) in [4.78, 5) is 16.0. The number of halogens is 2. The van der Waals surface area contributed by atoms with E-state index in [-0.39, 0.29) is 0 Å². The van der Waals surface area contributed by atoms with Gasteiger partial charge in [-0.25, -0.2) is 18.7 Å². The van der Waals surface area contributed by atoms with E-state index in [1.807, 2.05) is 6.92 Å². The maximum Gasteiger partial charge on any atom is 0.134 e. The first kappa shape index (κ1) is 18.1. The van der Waals surface area contributed by atoms with Crippen LogP contribution in [-0.2, 0) is 6.54 Å². The molecule has 1 aromatic carbocycles. The Kier molecular flexibility index (Phi) is 5.20. The van der Waals surface area contributed by atoms with Gasteiger partial charge in [0.1, 0.15) is 29.1 Å². The van der Waals surface area contributed by atoms with E-state index in [1.54, 1.807) is 0 Å². The Morgan fingerprint density at radius 2 is 1.48 bits per heavy atom. The number of piperazine rings is 1. The summed E-state index contributed by atoms with van der Waals surface area (Å²) in [5.41, 5.74) is 0.541. The molecule has 5 nitrogen and oxygen atoms in total. The molecule has 0 N–H and O–H groups in total. The van der Waals surface area contributed by atoms with Gasteiger partial charge in [0.25, 0.3) is 0 Å². The van der Waals surface area contributed by atoms with Crippen molar-refractivity contribution in [3.05, 3.63) is 47.3 Å². The Balaban J connectivity index is 1.40. The molecule has 0 radical (unpaired) electrons. The van der Waals surface area contributed by atoms with Crippen LogP contribution in [0.25, 0.3) is 0 Å². The molecule has 1 aromatic heterocycles. The molecule has 2 fully saturated rings. The molecule has 2 aliphatic rings. The molecule has 2 aromatic rings. The second-order valence-electron chi connectivity index (χ2n) is 7.32. The van der Waals surface area contributed by atoms with Crippen LogP contribution in [0.2, 0.25) is 0 Å². The number of rotatable bonds is 4. The molecular formula is C20H25F2N5. The van der Waals surface area contributed by atoms with Crippen LogP contribution in [0.15, 0.2) is 24.3 Å². The Morgan fingerprint density at radius 3 is 2.11 bits per heavy atom. The third kappa shape index (κ3) is 4.18. The molecule has 2 saturated heterocycles. The zero-order valence-electron chi connectivity index (χ0n) is 15.7. The average Bonchev–Trinajstić information content (AvgIpc) is 3.19. The summed E-state index contributed by atoms with van der Waals surface area (Å²) in [7, 11) is 0. The van der Waals surface area contributed by atoms with Gasteiger partial charge in [-0.3, -0.25) is 4.90 Å². The van der Waals surface area contributed by atoms with Gasteiger partial charge >= 0.3 is 0 Å². The van der Waals surface area contributed by atoms with E-state index in [9.17, 15) is 8.78 Å². The number of aryl methyl sites for hydroxylation is 1. The van der Waals surface area contributed by atoms with Crippen molar-refractivity contribution in [2.45, 2.75) is 26.3 Å². The van der Waals surface area contributed by atoms with E-state index in [2.05, 4.69) is 30.7 Å². The predicted molar refractivity (Wildman–Crippen MR) is 102 cm³/mol. The first-order chi connectivity index (χ1) is 13.1. The first-order valence-corrected chi connectivity index (χ1v) is 9.60. The number of nitrogens with zero attached hydrogens (tertiary/aromatic N) is 5. The Morgan fingerprint density at radius 1 is 0.852 bits per heavy atom. The fraction of sp³-hybridized carbons (Fsp3) is 0.500. The topological polar surface area (TPSA) is 35.5 Å². The van der Waals surface area contributed by atoms with Crippen LogP contribution in [0.3, 0.4) is 0 Å². The molecule has 4 rings (SSSR count). The summed E-state index contributed by atoms with van der Waals surface area (Å²) in [6.45, 7) is 7.87. The summed E-state index contributed by atoms with van der Waals surface area (Å²) in [5, 5.41) is 0. The fourth-order valence-corrected chi connectivity index (χ4v) is 3.83. The summed E-state index contributed by atoms with van der Waals surface area (Å²) in [6, 6.07) is 5.90. The molecule has 0 bridgehead atoms. The van der Waals surface area contributed by atoms with Gasteiger partial charge in [-0.05, 0) is 25.8 Å². The highest BCUT2D eigenvalue weighted by molar-refractivity contribution is 5.51. The first-order valence-electron chi connectivity index (χ1n) is 9.60. The number of anilines is 2. The summed E-state index contributed by atoms with van der Waals surface area (Å²) >= 11 is 0. The van der Waals surface area contributed by atoms with Crippen LogP contribution in [0.4, 0.5) is 20.4 Å². The van der Waals surface area contributed by atoms with Crippen LogP contribution in [0, 0.1) is 18.6 Å². The maximum atomic E-state index is 13.9. The lowest BCUT2D eigenvalue weighted by molar-refractivity contribution is 0.246. The number of benzene rings is 1. The van der Waals surface area contributed by atoms with Crippen LogP contribution in [-0.4, -0.2) is 54.1 Å². The van der Waals surface area contributed by atoms with Crippen molar-refractivity contribution in [3.8, 4) is 0 Å². The normalized spacial score (nSPS) is 18.3. The highest BCUT2D eigenvalue weighted by Gasteiger charge is 2.21. The lowest BCUT2D eigenvalue weighted by Gasteiger charge is -2.35. The van der Waals surface area contributed by atoms with Crippen LogP contribution in [0.1, 0.15) is 24.2 Å². The molecule has 0 spiro atoms. The van der Waals surface area contributed by atoms with Crippen molar-refractivity contribution in [2.75, 3.05) is 49.1 Å². The molecule has 144 valence electrons. The molecule has 0 aliphatic carbocycles. The van der Waals surface area contributed by atoms with E-state index in [4.69, 9.17) is 0 Å². The molecule has 7 heteroatoms. The van der Waals surface area contributed by atoms with Crippen molar-refractivity contribution in [3.63, 3.8) is 0 Å². The molecule has 2 aliphatic heterocycles. The van der Waals surface area contributed by atoms with E-state index < -0.39 is 11.6 Å². The molecular weight excluding hydrogens is 348 g/mol. The third-order valence-electron chi connectivity index (χ3n) is 5.35. The second-order valence-corrected chi connectivity index (χ2v) is 7.32. The Bertz CT molecular complexity index is 799. The van der Waals surface area contributed by atoms with Crippen molar-refractivity contribution in [1.82, 2.24) is 14.9 Å². The SMILES string of the molecule is Cc1nc(N2CCCC2)cc(N2CCN(Cc3ccc(F)cc3F)CC2)n1. The largest absolute Gasteiger partial charge is 0.356 e. The predicted octanol–water partition coefficient (Wildman–Crippen LogP) is 2.99. The summed E-state index contributed by atoms with van der Waals surface area (Å²) in [6.07, 6.45) is 2.44. The van der Waals surface area contributed by atoms with E-state index in [0.29, 0.717) is 12.1 Å². The van der Waals surface area contributed by atoms with Gasteiger partial charge in [0.05, 0.1) is 0 Å². The molecule has 3 heterocycles. The van der Waals surface area contributed by atoms with E-state index in [0.717, 1.165) is 62.8 Å². The lowest BCUT2D eigenvalue weighted by atomic mass is 10.2. The molecule has 0 saturated carbocycles. The highest BCUT2D eigenvalue weighted by Crippen LogP contribution is 2.24. The van der Waals surface area contributed by atoms with Crippen LogP contribution in [0.5, 0.6) is 0 Å². The van der Waals surface area contributed by atoms with Gasteiger partial charge in [0.15, 0.2) is 0 Å². The lowest BCUT2D eigenvalue weighted by Crippen LogP contribution is -2.46. The maximum absolute atomic E-state index is 13.9. The van der Waals surface area contributed by atoms with Gasteiger partial charge in [0, 0.05) is 63.5 Å². The molecule has 0 amide bonds. The van der Waals surface area contributed by atoms with Gasteiger partial charge < -0.3 is 9.80 Å².